The molecule has 0 aliphatic carbocycles. The first-order chi connectivity index (χ1) is 8.56. The molecule has 0 fully saturated rings. The zero-order chi connectivity index (χ0) is 13.1. The molecule has 0 spiro atoms. The minimum Gasteiger partial charge on any atom is -0.455 e. The van der Waals surface area contributed by atoms with E-state index in [0.717, 1.165) is 4.47 Å². The van der Waals surface area contributed by atoms with E-state index in [-0.39, 0.29) is 5.56 Å². The van der Waals surface area contributed by atoms with Gasteiger partial charge in [0.05, 0.1) is 11.8 Å². The van der Waals surface area contributed by atoms with Crippen molar-refractivity contribution in [2.45, 2.75) is 0 Å². The largest absolute Gasteiger partial charge is 0.455 e. The summed E-state index contributed by atoms with van der Waals surface area (Å²) < 4.78 is 6.33. The molecule has 1 amide bonds. The molecule has 0 radical (unpaired) electrons. The summed E-state index contributed by atoms with van der Waals surface area (Å²) in [6.45, 7) is 0. The Morgan fingerprint density at radius 3 is 2.78 bits per heavy atom. The van der Waals surface area contributed by atoms with E-state index in [9.17, 15) is 4.79 Å². The number of benzene rings is 1. The highest BCUT2D eigenvalue weighted by Gasteiger charge is 2.11. The summed E-state index contributed by atoms with van der Waals surface area (Å²) >= 11 is 9.09. The summed E-state index contributed by atoms with van der Waals surface area (Å²) in [6.07, 6.45) is 3.16. The average molecular weight is 328 g/mol. The van der Waals surface area contributed by atoms with Gasteiger partial charge in [-0.25, -0.2) is 0 Å². The number of rotatable bonds is 3. The van der Waals surface area contributed by atoms with Crippen molar-refractivity contribution in [1.82, 2.24) is 4.98 Å². The summed E-state index contributed by atoms with van der Waals surface area (Å²) in [4.78, 5) is 15.2. The number of carbonyl (C=O) groups excluding carboxylic acids is 1. The van der Waals surface area contributed by atoms with E-state index in [2.05, 4.69) is 20.9 Å². The van der Waals surface area contributed by atoms with Crippen molar-refractivity contribution in [2.24, 2.45) is 5.73 Å². The first-order valence-corrected chi connectivity index (χ1v) is 6.11. The van der Waals surface area contributed by atoms with Gasteiger partial charge in [-0.15, -0.1) is 0 Å². The number of nitrogens with zero attached hydrogens (tertiary/aromatic N) is 1. The molecule has 0 aliphatic heterocycles. The van der Waals surface area contributed by atoms with Gasteiger partial charge in [0, 0.05) is 15.7 Å². The summed E-state index contributed by atoms with van der Waals surface area (Å²) in [7, 11) is 0. The summed E-state index contributed by atoms with van der Waals surface area (Å²) in [6, 6.07) is 6.40. The Morgan fingerprint density at radius 2 is 2.11 bits per heavy atom. The molecule has 0 atom stereocenters. The van der Waals surface area contributed by atoms with Gasteiger partial charge in [0.25, 0.3) is 5.91 Å². The second kappa shape index (κ2) is 5.37. The number of carbonyl (C=O) groups is 1. The predicted molar refractivity (Wildman–Crippen MR) is 72.0 cm³/mol. The first kappa shape index (κ1) is 12.9. The Hall–Kier alpha value is -1.59. The zero-order valence-electron chi connectivity index (χ0n) is 9.06. The molecule has 6 heteroatoms. The molecule has 92 valence electrons. The van der Waals surface area contributed by atoms with Crippen LogP contribution in [0.4, 0.5) is 0 Å². The number of hydrogen-bond donors (Lipinski definition) is 1. The molecular weight excluding hydrogens is 320 g/mol. The third-order valence-corrected chi connectivity index (χ3v) is 2.78. The Labute approximate surface area is 117 Å². The molecule has 1 aromatic carbocycles. The van der Waals surface area contributed by atoms with Crippen LogP contribution in [0.3, 0.4) is 0 Å². The molecule has 1 aromatic heterocycles. The van der Waals surface area contributed by atoms with Crippen molar-refractivity contribution in [2.75, 3.05) is 0 Å². The number of amides is 1. The lowest BCUT2D eigenvalue weighted by molar-refractivity contribution is 0.0998. The molecule has 2 rings (SSSR count). The minimum absolute atomic E-state index is 0.225. The number of primary amides is 1. The van der Waals surface area contributed by atoms with Crippen LogP contribution in [0.25, 0.3) is 0 Å². The SMILES string of the molecule is NC(=O)c1cc(Cl)ccc1Oc1cncc(Br)c1. The van der Waals surface area contributed by atoms with Gasteiger partial charge in [-0.3, -0.25) is 9.78 Å². The van der Waals surface area contributed by atoms with Crippen molar-refractivity contribution in [3.63, 3.8) is 0 Å². The minimum atomic E-state index is -0.601. The highest BCUT2D eigenvalue weighted by molar-refractivity contribution is 9.10. The lowest BCUT2D eigenvalue weighted by atomic mass is 10.2. The Kier molecular flexibility index (Phi) is 3.84. The van der Waals surface area contributed by atoms with E-state index >= 15 is 0 Å². The van der Waals surface area contributed by atoms with Gasteiger partial charge < -0.3 is 10.5 Å². The maximum absolute atomic E-state index is 11.3. The van der Waals surface area contributed by atoms with Crippen LogP contribution < -0.4 is 10.5 Å². The van der Waals surface area contributed by atoms with E-state index < -0.39 is 5.91 Å². The number of nitrogens with two attached hydrogens (primary N) is 1. The van der Waals surface area contributed by atoms with Crippen molar-refractivity contribution in [3.05, 3.63) is 51.7 Å². The molecule has 4 nitrogen and oxygen atoms in total. The van der Waals surface area contributed by atoms with E-state index in [1.165, 1.54) is 12.3 Å². The van der Waals surface area contributed by atoms with Crippen LogP contribution in [-0.2, 0) is 0 Å². The van der Waals surface area contributed by atoms with E-state index in [1.807, 2.05) is 0 Å². The van der Waals surface area contributed by atoms with E-state index in [4.69, 9.17) is 22.1 Å². The fraction of sp³-hybridized carbons (Fsp3) is 0. The fourth-order valence-corrected chi connectivity index (χ4v) is 1.87. The van der Waals surface area contributed by atoms with Crippen LogP contribution in [0.1, 0.15) is 10.4 Å². The van der Waals surface area contributed by atoms with Gasteiger partial charge in [-0.2, -0.15) is 0 Å². The molecule has 0 unspecified atom stereocenters. The highest BCUT2D eigenvalue weighted by atomic mass is 79.9. The van der Waals surface area contributed by atoms with Gasteiger partial charge in [0.1, 0.15) is 11.5 Å². The van der Waals surface area contributed by atoms with Gasteiger partial charge in [-0.1, -0.05) is 11.6 Å². The normalized spacial score (nSPS) is 10.1. The molecule has 0 saturated carbocycles. The standard InChI is InChI=1S/C12H8BrClN2O2/c13-7-3-9(6-16-5-7)18-11-2-1-8(14)4-10(11)12(15)17/h1-6H,(H2,15,17). The van der Waals surface area contributed by atoms with Crippen molar-refractivity contribution < 1.29 is 9.53 Å². The monoisotopic (exact) mass is 326 g/mol. The van der Waals surface area contributed by atoms with Crippen molar-refractivity contribution in [1.29, 1.82) is 0 Å². The molecule has 0 bridgehead atoms. The Morgan fingerprint density at radius 1 is 1.33 bits per heavy atom. The maximum atomic E-state index is 11.3. The van der Waals surface area contributed by atoms with Crippen molar-refractivity contribution in [3.8, 4) is 11.5 Å². The van der Waals surface area contributed by atoms with E-state index in [0.29, 0.717) is 16.5 Å². The predicted octanol–water partition coefficient (Wildman–Crippen LogP) is 3.39. The Balaban J connectivity index is 2.37. The van der Waals surface area contributed by atoms with Gasteiger partial charge >= 0.3 is 0 Å². The number of halogens is 2. The van der Waals surface area contributed by atoms with Gasteiger partial charge in [0.2, 0.25) is 0 Å². The second-order valence-electron chi connectivity index (χ2n) is 3.45. The number of pyridine rings is 1. The smallest absolute Gasteiger partial charge is 0.252 e. The quantitative estimate of drug-likeness (QED) is 0.939. The van der Waals surface area contributed by atoms with Crippen LogP contribution in [0.15, 0.2) is 41.1 Å². The molecule has 2 N–H and O–H groups in total. The summed E-state index contributed by atoms with van der Waals surface area (Å²) in [5.41, 5.74) is 5.49. The number of hydrogen-bond acceptors (Lipinski definition) is 3. The molecular formula is C12H8BrClN2O2. The Bertz CT molecular complexity index is 604. The van der Waals surface area contributed by atoms with Gasteiger partial charge in [-0.05, 0) is 40.2 Å². The van der Waals surface area contributed by atoms with Crippen molar-refractivity contribution >= 4 is 33.4 Å². The molecule has 1 heterocycles. The maximum Gasteiger partial charge on any atom is 0.252 e. The molecule has 0 saturated heterocycles. The lowest BCUT2D eigenvalue weighted by Gasteiger charge is -2.09. The number of ether oxygens (including phenoxy) is 1. The fourth-order valence-electron chi connectivity index (χ4n) is 1.36. The average Bonchev–Trinajstić information content (AvgIpc) is 2.31. The molecule has 2 aromatic rings. The third kappa shape index (κ3) is 3.00. The molecule has 18 heavy (non-hydrogen) atoms. The van der Waals surface area contributed by atoms with Crippen LogP contribution in [0.2, 0.25) is 5.02 Å². The number of aromatic nitrogens is 1. The summed E-state index contributed by atoms with van der Waals surface area (Å²) in [5, 5.41) is 0.420. The topological polar surface area (TPSA) is 65.2 Å². The zero-order valence-corrected chi connectivity index (χ0v) is 11.4. The summed E-state index contributed by atoms with van der Waals surface area (Å²) in [5.74, 6) is 0.233. The second-order valence-corrected chi connectivity index (χ2v) is 4.80. The van der Waals surface area contributed by atoms with Crippen LogP contribution in [0.5, 0.6) is 11.5 Å². The van der Waals surface area contributed by atoms with Gasteiger partial charge in [0.15, 0.2) is 0 Å². The lowest BCUT2D eigenvalue weighted by Crippen LogP contribution is -2.12. The highest BCUT2D eigenvalue weighted by Crippen LogP contribution is 2.28. The van der Waals surface area contributed by atoms with Crippen LogP contribution >= 0.6 is 27.5 Å². The first-order valence-electron chi connectivity index (χ1n) is 4.94. The third-order valence-electron chi connectivity index (χ3n) is 2.11. The van der Waals surface area contributed by atoms with Crippen LogP contribution in [0, 0.1) is 0 Å². The van der Waals surface area contributed by atoms with Crippen LogP contribution in [-0.4, -0.2) is 10.9 Å². The van der Waals surface area contributed by atoms with E-state index in [1.54, 1.807) is 24.4 Å². The molecule has 0 aliphatic rings.